The van der Waals surface area contributed by atoms with Gasteiger partial charge in [-0.3, -0.25) is 0 Å². The number of alkyl halides is 3. The van der Waals surface area contributed by atoms with Crippen molar-refractivity contribution >= 4 is 0 Å². The molecule has 17 heavy (non-hydrogen) atoms. The Morgan fingerprint density at radius 2 is 2.00 bits per heavy atom. The minimum absolute atomic E-state index is 0.132. The van der Waals surface area contributed by atoms with E-state index in [1.165, 1.54) is 6.07 Å². The second-order valence-corrected chi connectivity index (χ2v) is 3.67. The summed E-state index contributed by atoms with van der Waals surface area (Å²) < 4.78 is 37.1. The summed E-state index contributed by atoms with van der Waals surface area (Å²) >= 11 is 0. The quantitative estimate of drug-likeness (QED) is 0.733. The van der Waals surface area contributed by atoms with Crippen LogP contribution in [-0.2, 0) is 12.7 Å². The first-order valence-corrected chi connectivity index (χ1v) is 5.09. The zero-order valence-corrected chi connectivity index (χ0v) is 9.04. The highest BCUT2D eigenvalue weighted by molar-refractivity contribution is 5.25. The summed E-state index contributed by atoms with van der Waals surface area (Å²) in [5, 5.41) is 20.3. The van der Waals surface area contributed by atoms with Gasteiger partial charge in [0, 0.05) is 13.1 Å². The Morgan fingerprint density at radius 1 is 1.29 bits per heavy atom. The molecule has 1 aromatic rings. The van der Waals surface area contributed by atoms with E-state index >= 15 is 0 Å². The molecule has 0 bridgehead atoms. The standard InChI is InChI=1S/C11H14F3NO2/c12-11(13,14)9-3-1-2-8(4-9)5-15-6-10(17)7-16/h1-4,10,15-17H,5-7H2/t10-/m1/s1. The van der Waals surface area contributed by atoms with Crippen LogP contribution in [0.25, 0.3) is 0 Å². The molecule has 0 aliphatic rings. The fourth-order valence-electron chi connectivity index (χ4n) is 1.31. The second kappa shape index (κ2) is 6.00. The number of nitrogens with one attached hydrogen (secondary N) is 1. The molecule has 1 aromatic carbocycles. The monoisotopic (exact) mass is 249 g/mol. The lowest BCUT2D eigenvalue weighted by atomic mass is 10.1. The summed E-state index contributed by atoms with van der Waals surface area (Å²) in [5.41, 5.74) is -0.218. The van der Waals surface area contributed by atoms with Crippen molar-refractivity contribution in [1.29, 1.82) is 0 Å². The molecule has 0 aliphatic heterocycles. The molecule has 0 spiro atoms. The maximum absolute atomic E-state index is 12.4. The highest BCUT2D eigenvalue weighted by Crippen LogP contribution is 2.29. The van der Waals surface area contributed by atoms with Gasteiger partial charge in [0.2, 0.25) is 0 Å². The molecule has 0 saturated heterocycles. The molecule has 0 unspecified atom stereocenters. The fourth-order valence-corrected chi connectivity index (χ4v) is 1.31. The Balaban J connectivity index is 2.55. The van der Waals surface area contributed by atoms with Gasteiger partial charge in [-0.2, -0.15) is 13.2 Å². The maximum Gasteiger partial charge on any atom is 0.416 e. The number of hydrogen-bond donors (Lipinski definition) is 3. The van der Waals surface area contributed by atoms with Crippen molar-refractivity contribution in [3.05, 3.63) is 35.4 Å². The average Bonchev–Trinajstić information content (AvgIpc) is 2.28. The maximum atomic E-state index is 12.4. The van der Waals surface area contributed by atoms with Crippen molar-refractivity contribution in [3.63, 3.8) is 0 Å². The van der Waals surface area contributed by atoms with E-state index in [-0.39, 0.29) is 19.7 Å². The van der Waals surface area contributed by atoms with Crippen molar-refractivity contribution < 1.29 is 23.4 Å². The molecule has 1 rings (SSSR count). The summed E-state index contributed by atoms with van der Waals surface area (Å²) in [5.74, 6) is 0. The molecular weight excluding hydrogens is 235 g/mol. The first-order valence-electron chi connectivity index (χ1n) is 5.09. The highest BCUT2D eigenvalue weighted by atomic mass is 19.4. The molecule has 3 N–H and O–H groups in total. The number of halogens is 3. The van der Waals surface area contributed by atoms with Gasteiger partial charge in [-0.05, 0) is 11.6 Å². The summed E-state index contributed by atoms with van der Waals surface area (Å²) in [6.45, 7) is -0.0384. The average molecular weight is 249 g/mol. The van der Waals surface area contributed by atoms with Crippen LogP contribution in [0.15, 0.2) is 24.3 Å². The Morgan fingerprint density at radius 3 is 2.59 bits per heavy atom. The van der Waals surface area contributed by atoms with Crippen molar-refractivity contribution in [2.45, 2.75) is 18.8 Å². The molecule has 1 atom stereocenters. The van der Waals surface area contributed by atoms with Gasteiger partial charge in [-0.15, -0.1) is 0 Å². The zero-order valence-electron chi connectivity index (χ0n) is 9.04. The lowest BCUT2D eigenvalue weighted by molar-refractivity contribution is -0.137. The van der Waals surface area contributed by atoms with E-state index in [2.05, 4.69) is 5.32 Å². The first-order chi connectivity index (χ1) is 7.93. The van der Waals surface area contributed by atoms with Crippen LogP contribution in [-0.4, -0.2) is 29.5 Å². The Bertz CT molecular complexity index is 355. The largest absolute Gasteiger partial charge is 0.416 e. The lowest BCUT2D eigenvalue weighted by Crippen LogP contribution is -2.29. The van der Waals surface area contributed by atoms with Gasteiger partial charge in [-0.25, -0.2) is 0 Å². The van der Waals surface area contributed by atoms with Gasteiger partial charge in [0.05, 0.1) is 18.3 Å². The van der Waals surface area contributed by atoms with Gasteiger partial charge in [0.25, 0.3) is 0 Å². The summed E-state index contributed by atoms with van der Waals surface area (Å²) in [6, 6.07) is 4.96. The molecule has 6 heteroatoms. The first kappa shape index (κ1) is 14.0. The van der Waals surface area contributed by atoms with E-state index in [0.717, 1.165) is 12.1 Å². The van der Waals surface area contributed by atoms with Gasteiger partial charge in [0.15, 0.2) is 0 Å². The molecule has 0 heterocycles. The van der Waals surface area contributed by atoms with Crippen LogP contribution in [0, 0.1) is 0 Å². The van der Waals surface area contributed by atoms with E-state index in [9.17, 15) is 13.2 Å². The SMILES string of the molecule is OC[C@H](O)CNCc1cccc(C(F)(F)F)c1. The number of rotatable bonds is 5. The van der Waals surface area contributed by atoms with Crippen molar-refractivity contribution in [2.24, 2.45) is 0 Å². The van der Waals surface area contributed by atoms with Crippen LogP contribution in [0.2, 0.25) is 0 Å². The summed E-state index contributed by atoms with van der Waals surface area (Å²) in [6.07, 6.45) is -5.25. The zero-order chi connectivity index (χ0) is 12.9. The number of aliphatic hydroxyl groups is 2. The van der Waals surface area contributed by atoms with Gasteiger partial charge in [-0.1, -0.05) is 18.2 Å². The van der Waals surface area contributed by atoms with E-state index in [0.29, 0.717) is 5.56 Å². The molecule has 96 valence electrons. The summed E-state index contributed by atoms with van der Waals surface area (Å²) in [7, 11) is 0. The molecule has 0 aromatic heterocycles. The Kier molecular flexibility index (Phi) is 4.92. The number of hydrogen-bond acceptors (Lipinski definition) is 3. The van der Waals surface area contributed by atoms with Crippen LogP contribution in [0.3, 0.4) is 0 Å². The predicted molar refractivity (Wildman–Crippen MR) is 56.2 cm³/mol. The van der Waals surface area contributed by atoms with Gasteiger partial charge >= 0.3 is 6.18 Å². The molecular formula is C11H14F3NO2. The van der Waals surface area contributed by atoms with Crippen LogP contribution in [0.4, 0.5) is 13.2 Å². The smallest absolute Gasteiger partial charge is 0.394 e. The predicted octanol–water partition coefficient (Wildman–Crippen LogP) is 1.15. The van der Waals surface area contributed by atoms with Crippen LogP contribution >= 0.6 is 0 Å². The van der Waals surface area contributed by atoms with Crippen LogP contribution in [0.1, 0.15) is 11.1 Å². The Hall–Kier alpha value is -1.11. The van der Waals surface area contributed by atoms with E-state index < -0.39 is 17.8 Å². The van der Waals surface area contributed by atoms with E-state index in [1.807, 2.05) is 0 Å². The highest BCUT2D eigenvalue weighted by Gasteiger charge is 2.30. The third-order valence-electron chi connectivity index (χ3n) is 2.17. The van der Waals surface area contributed by atoms with Crippen molar-refractivity contribution in [2.75, 3.05) is 13.2 Å². The molecule has 0 aliphatic carbocycles. The summed E-state index contributed by atoms with van der Waals surface area (Å²) in [4.78, 5) is 0. The Labute approximate surface area is 96.9 Å². The number of benzene rings is 1. The normalized spacial score (nSPS) is 13.7. The minimum atomic E-state index is -4.35. The topological polar surface area (TPSA) is 52.5 Å². The van der Waals surface area contributed by atoms with E-state index in [1.54, 1.807) is 6.07 Å². The molecule has 0 radical (unpaired) electrons. The third-order valence-corrected chi connectivity index (χ3v) is 2.17. The van der Waals surface area contributed by atoms with Crippen molar-refractivity contribution in [1.82, 2.24) is 5.32 Å². The third kappa shape index (κ3) is 4.72. The lowest BCUT2D eigenvalue weighted by Gasteiger charge is -2.11. The molecule has 0 fully saturated rings. The van der Waals surface area contributed by atoms with Crippen LogP contribution < -0.4 is 5.32 Å². The van der Waals surface area contributed by atoms with Crippen molar-refractivity contribution in [3.8, 4) is 0 Å². The van der Waals surface area contributed by atoms with Gasteiger partial charge < -0.3 is 15.5 Å². The van der Waals surface area contributed by atoms with Crippen LogP contribution in [0.5, 0.6) is 0 Å². The fraction of sp³-hybridized carbons (Fsp3) is 0.455. The second-order valence-electron chi connectivity index (χ2n) is 3.67. The number of aliphatic hydroxyl groups excluding tert-OH is 2. The molecule has 0 amide bonds. The van der Waals surface area contributed by atoms with Gasteiger partial charge in [0.1, 0.15) is 0 Å². The molecule has 3 nitrogen and oxygen atoms in total. The molecule has 0 saturated carbocycles. The van der Waals surface area contributed by atoms with E-state index in [4.69, 9.17) is 10.2 Å². The minimum Gasteiger partial charge on any atom is -0.394 e.